The average Bonchev–Trinajstić information content (AvgIpc) is 3.70. The van der Waals surface area contributed by atoms with E-state index in [1.54, 1.807) is 0 Å². The molecular weight excluding hydrogens is 560 g/mol. The fraction of sp³-hybridized carbons (Fsp3) is 0. The average molecular weight is 587 g/mol. The van der Waals surface area contributed by atoms with Crippen LogP contribution in [0.25, 0.3) is 93.5 Å². The number of benzene rings is 7. The molecule has 3 aromatic heterocycles. The fourth-order valence-electron chi connectivity index (χ4n) is 7.35. The van der Waals surface area contributed by atoms with Crippen molar-refractivity contribution in [1.82, 2.24) is 9.55 Å². The maximum atomic E-state index is 6.87. The Bertz CT molecular complexity index is 2730. The largest absolute Gasteiger partial charge is 0.454 e. The first kappa shape index (κ1) is 25.2. The van der Waals surface area contributed by atoms with E-state index in [4.69, 9.17) is 9.40 Å². The number of fused-ring (bicyclic) bond motifs is 12. The Kier molecular flexibility index (Phi) is 5.28. The van der Waals surface area contributed by atoms with Gasteiger partial charge in [0.05, 0.1) is 28.1 Å². The van der Waals surface area contributed by atoms with Crippen LogP contribution in [-0.2, 0) is 0 Å². The standard InChI is InChI=1S/C43H26N2O/c1-3-14-28(15-4-1)36-25-30(26-37(44-36)29-16-5-2-6-17-29)45-41-31-18-8-7-13-27(31)23-24-35(41)39-32-19-9-10-20-33(32)40-34-21-11-12-22-38(34)46-43(40)42(39)45/h1-26H. The first-order valence-corrected chi connectivity index (χ1v) is 15.6. The van der Waals surface area contributed by atoms with Crippen LogP contribution < -0.4 is 0 Å². The van der Waals surface area contributed by atoms with Crippen LogP contribution in [0.3, 0.4) is 0 Å². The van der Waals surface area contributed by atoms with E-state index < -0.39 is 0 Å². The Morgan fingerprint density at radius 3 is 1.70 bits per heavy atom. The number of pyridine rings is 1. The molecular formula is C43H26N2O. The highest BCUT2D eigenvalue weighted by Crippen LogP contribution is 2.47. The monoisotopic (exact) mass is 586 g/mol. The fourth-order valence-corrected chi connectivity index (χ4v) is 7.35. The molecule has 0 saturated heterocycles. The minimum Gasteiger partial charge on any atom is -0.454 e. The van der Waals surface area contributed by atoms with E-state index >= 15 is 0 Å². The van der Waals surface area contributed by atoms with Crippen LogP contribution in [0.2, 0.25) is 0 Å². The molecule has 214 valence electrons. The number of nitrogens with zero attached hydrogens (tertiary/aromatic N) is 2. The third-order valence-corrected chi connectivity index (χ3v) is 9.34. The molecule has 7 aromatic carbocycles. The second-order valence-electron chi connectivity index (χ2n) is 11.9. The lowest BCUT2D eigenvalue weighted by molar-refractivity contribution is 0.671. The van der Waals surface area contributed by atoms with Crippen molar-refractivity contribution in [3.05, 3.63) is 158 Å². The summed E-state index contributed by atoms with van der Waals surface area (Å²) < 4.78 is 9.31. The van der Waals surface area contributed by atoms with Gasteiger partial charge in [-0.3, -0.25) is 0 Å². The molecule has 10 aromatic rings. The quantitative estimate of drug-likeness (QED) is 0.206. The van der Waals surface area contributed by atoms with Crippen LogP contribution >= 0.6 is 0 Å². The molecule has 0 N–H and O–H groups in total. The Morgan fingerprint density at radius 2 is 1.00 bits per heavy atom. The molecule has 0 saturated carbocycles. The van der Waals surface area contributed by atoms with Crippen molar-refractivity contribution in [1.29, 1.82) is 0 Å². The van der Waals surface area contributed by atoms with Gasteiger partial charge in [0, 0.05) is 38.1 Å². The molecule has 0 bridgehead atoms. The second kappa shape index (κ2) is 9.65. The highest BCUT2D eigenvalue weighted by molar-refractivity contribution is 6.36. The van der Waals surface area contributed by atoms with Gasteiger partial charge in [-0.25, -0.2) is 4.98 Å². The molecule has 46 heavy (non-hydrogen) atoms. The number of aromatic nitrogens is 2. The van der Waals surface area contributed by atoms with E-state index in [1.807, 2.05) is 18.2 Å². The van der Waals surface area contributed by atoms with E-state index in [0.717, 1.165) is 61.2 Å². The van der Waals surface area contributed by atoms with Crippen molar-refractivity contribution in [3.8, 4) is 28.2 Å². The van der Waals surface area contributed by atoms with Crippen LogP contribution in [0.5, 0.6) is 0 Å². The topological polar surface area (TPSA) is 31.0 Å². The lowest BCUT2D eigenvalue weighted by Gasteiger charge is -2.14. The molecule has 10 rings (SSSR count). The first-order valence-electron chi connectivity index (χ1n) is 15.6. The predicted octanol–water partition coefficient (Wildman–Crippen LogP) is 11.7. The molecule has 0 aliphatic rings. The SMILES string of the molecule is c1ccc(-c2cc(-n3c4c5ccccc5ccc4c4c5ccccc5c5c6ccccc6oc5c43)cc(-c3ccccc3)n2)cc1. The third-order valence-electron chi connectivity index (χ3n) is 9.34. The van der Waals surface area contributed by atoms with Crippen molar-refractivity contribution < 1.29 is 4.42 Å². The maximum Gasteiger partial charge on any atom is 0.160 e. The molecule has 3 heteroatoms. The van der Waals surface area contributed by atoms with Gasteiger partial charge in [-0.05, 0) is 34.4 Å². The van der Waals surface area contributed by atoms with Crippen LogP contribution in [0.1, 0.15) is 0 Å². The number of furan rings is 1. The molecule has 0 spiro atoms. The smallest absolute Gasteiger partial charge is 0.160 e. The van der Waals surface area contributed by atoms with Crippen LogP contribution in [0.4, 0.5) is 0 Å². The van der Waals surface area contributed by atoms with Crippen molar-refractivity contribution in [2.75, 3.05) is 0 Å². The highest BCUT2D eigenvalue weighted by atomic mass is 16.3. The lowest BCUT2D eigenvalue weighted by atomic mass is 9.98. The zero-order chi connectivity index (χ0) is 30.2. The van der Waals surface area contributed by atoms with Crippen LogP contribution in [0, 0.1) is 0 Å². The number of rotatable bonds is 3. The maximum absolute atomic E-state index is 6.87. The highest BCUT2D eigenvalue weighted by Gasteiger charge is 2.24. The zero-order valence-electron chi connectivity index (χ0n) is 24.8. The van der Waals surface area contributed by atoms with Crippen molar-refractivity contribution >= 4 is 65.3 Å². The van der Waals surface area contributed by atoms with E-state index in [1.165, 1.54) is 32.3 Å². The molecule has 0 aliphatic heterocycles. The molecule has 3 nitrogen and oxygen atoms in total. The van der Waals surface area contributed by atoms with Gasteiger partial charge in [0.2, 0.25) is 0 Å². The molecule has 0 atom stereocenters. The second-order valence-corrected chi connectivity index (χ2v) is 11.9. The van der Waals surface area contributed by atoms with Gasteiger partial charge in [-0.2, -0.15) is 0 Å². The zero-order valence-corrected chi connectivity index (χ0v) is 24.8. The van der Waals surface area contributed by atoms with Crippen LogP contribution in [0.15, 0.2) is 162 Å². The summed E-state index contributed by atoms with van der Waals surface area (Å²) >= 11 is 0. The molecule has 0 radical (unpaired) electrons. The molecule has 0 amide bonds. The van der Waals surface area contributed by atoms with Gasteiger partial charge in [0.15, 0.2) is 5.58 Å². The van der Waals surface area contributed by atoms with Gasteiger partial charge < -0.3 is 8.98 Å². The summed E-state index contributed by atoms with van der Waals surface area (Å²) in [6.07, 6.45) is 0. The number of para-hydroxylation sites is 1. The first-order chi connectivity index (χ1) is 22.8. The Hall–Kier alpha value is -6.19. The van der Waals surface area contributed by atoms with Crippen molar-refractivity contribution in [3.63, 3.8) is 0 Å². The Morgan fingerprint density at radius 1 is 0.435 bits per heavy atom. The van der Waals surface area contributed by atoms with Gasteiger partial charge in [0.1, 0.15) is 5.58 Å². The lowest BCUT2D eigenvalue weighted by Crippen LogP contribution is -1.99. The summed E-state index contributed by atoms with van der Waals surface area (Å²) in [5.41, 5.74) is 9.06. The van der Waals surface area contributed by atoms with Gasteiger partial charge in [-0.1, -0.05) is 140 Å². The predicted molar refractivity (Wildman–Crippen MR) is 192 cm³/mol. The summed E-state index contributed by atoms with van der Waals surface area (Å²) in [5, 5.41) is 9.49. The minimum atomic E-state index is 0.890. The summed E-state index contributed by atoms with van der Waals surface area (Å²) in [7, 11) is 0. The summed E-state index contributed by atoms with van der Waals surface area (Å²) in [5.74, 6) is 0. The molecule has 3 heterocycles. The number of hydrogen-bond donors (Lipinski definition) is 0. The van der Waals surface area contributed by atoms with E-state index in [-0.39, 0.29) is 0 Å². The van der Waals surface area contributed by atoms with Gasteiger partial charge in [0.25, 0.3) is 0 Å². The van der Waals surface area contributed by atoms with Gasteiger partial charge in [-0.15, -0.1) is 0 Å². The summed E-state index contributed by atoms with van der Waals surface area (Å²) in [6, 6.07) is 55.8. The normalized spacial score (nSPS) is 11.9. The van der Waals surface area contributed by atoms with Crippen molar-refractivity contribution in [2.24, 2.45) is 0 Å². The number of hydrogen-bond acceptors (Lipinski definition) is 2. The Labute approximate surface area is 264 Å². The third kappa shape index (κ3) is 3.57. The molecule has 0 unspecified atom stereocenters. The van der Waals surface area contributed by atoms with Gasteiger partial charge >= 0.3 is 0 Å². The summed E-state index contributed by atoms with van der Waals surface area (Å²) in [6.45, 7) is 0. The molecule has 0 aliphatic carbocycles. The Balaban J connectivity index is 1.47. The summed E-state index contributed by atoms with van der Waals surface area (Å²) in [4.78, 5) is 5.22. The van der Waals surface area contributed by atoms with E-state index in [9.17, 15) is 0 Å². The van der Waals surface area contributed by atoms with E-state index in [0.29, 0.717) is 0 Å². The molecule has 0 fully saturated rings. The van der Waals surface area contributed by atoms with E-state index in [2.05, 4.69) is 144 Å². The van der Waals surface area contributed by atoms with Crippen molar-refractivity contribution in [2.45, 2.75) is 0 Å². The van der Waals surface area contributed by atoms with Crippen LogP contribution in [-0.4, -0.2) is 9.55 Å². The minimum absolute atomic E-state index is 0.890.